The van der Waals surface area contributed by atoms with Gasteiger partial charge >= 0.3 is 5.97 Å². The van der Waals surface area contributed by atoms with Crippen LogP contribution in [-0.2, 0) is 22.4 Å². The fourth-order valence-corrected chi connectivity index (χ4v) is 2.45. The predicted octanol–water partition coefficient (Wildman–Crippen LogP) is 2.08. The van der Waals surface area contributed by atoms with Gasteiger partial charge in [0.05, 0.1) is 6.61 Å². The largest absolute Gasteiger partial charge is 0.480 e. The van der Waals surface area contributed by atoms with Gasteiger partial charge in [0.25, 0.3) is 0 Å². The lowest BCUT2D eigenvalue weighted by atomic mass is 9.90. The smallest absolute Gasteiger partial charge is 0.328 e. The summed E-state index contributed by atoms with van der Waals surface area (Å²) in [6.07, 6.45) is 4.51. The maximum atomic E-state index is 11.1. The summed E-state index contributed by atoms with van der Waals surface area (Å²) in [4.78, 5) is 11.1. The molecule has 1 unspecified atom stereocenters. The summed E-state index contributed by atoms with van der Waals surface area (Å²) in [7, 11) is 1.51. The van der Waals surface area contributed by atoms with E-state index in [1.54, 1.807) is 0 Å². The van der Waals surface area contributed by atoms with Gasteiger partial charge in [-0.2, -0.15) is 0 Å². The van der Waals surface area contributed by atoms with Crippen molar-refractivity contribution < 1.29 is 14.6 Å². The van der Waals surface area contributed by atoms with Crippen LogP contribution in [-0.4, -0.2) is 30.8 Å². The lowest BCUT2D eigenvalue weighted by Gasteiger charge is -2.22. The quantitative estimate of drug-likeness (QED) is 0.838. The molecule has 0 fully saturated rings. The number of benzene rings is 1. The molecule has 0 radical (unpaired) electrons. The van der Waals surface area contributed by atoms with Gasteiger partial charge in [-0.1, -0.05) is 12.1 Å². The zero-order valence-electron chi connectivity index (χ0n) is 10.6. The van der Waals surface area contributed by atoms with Gasteiger partial charge < -0.3 is 15.2 Å². The number of aliphatic carboxylic acids is 1. The summed E-state index contributed by atoms with van der Waals surface area (Å²) in [6.45, 7) is 0.166. The predicted molar refractivity (Wildman–Crippen MR) is 70.0 cm³/mol. The normalized spacial score (nSPS) is 15.8. The van der Waals surface area contributed by atoms with Crippen molar-refractivity contribution >= 4 is 11.7 Å². The van der Waals surface area contributed by atoms with Crippen molar-refractivity contribution in [2.45, 2.75) is 31.7 Å². The summed E-state index contributed by atoms with van der Waals surface area (Å²) in [6, 6.07) is 5.38. The van der Waals surface area contributed by atoms with Gasteiger partial charge in [-0.3, -0.25) is 0 Å². The number of methoxy groups -OCH3 is 1. The highest BCUT2D eigenvalue weighted by Crippen LogP contribution is 2.28. The fourth-order valence-electron chi connectivity index (χ4n) is 2.45. The number of nitrogens with one attached hydrogen (secondary N) is 1. The molecule has 0 amide bonds. The third-order valence-corrected chi connectivity index (χ3v) is 3.36. The zero-order chi connectivity index (χ0) is 13.0. The van der Waals surface area contributed by atoms with Crippen LogP contribution >= 0.6 is 0 Å². The molecule has 2 rings (SSSR count). The number of ether oxygens (including phenoxy) is 1. The average molecular weight is 249 g/mol. The van der Waals surface area contributed by atoms with Crippen LogP contribution < -0.4 is 5.32 Å². The summed E-state index contributed by atoms with van der Waals surface area (Å²) in [5.41, 5.74) is 3.55. The van der Waals surface area contributed by atoms with E-state index in [-0.39, 0.29) is 6.61 Å². The molecule has 98 valence electrons. The molecule has 4 heteroatoms. The first-order valence-corrected chi connectivity index (χ1v) is 6.31. The Balaban J connectivity index is 2.20. The summed E-state index contributed by atoms with van der Waals surface area (Å²) in [5.74, 6) is -0.884. The van der Waals surface area contributed by atoms with E-state index < -0.39 is 12.0 Å². The Morgan fingerprint density at radius 2 is 2.22 bits per heavy atom. The lowest BCUT2D eigenvalue weighted by molar-refractivity contribution is -0.139. The number of rotatable bonds is 5. The van der Waals surface area contributed by atoms with E-state index in [0.29, 0.717) is 0 Å². The van der Waals surface area contributed by atoms with Crippen LogP contribution in [0, 0.1) is 0 Å². The number of aryl methyl sites for hydroxylation is 1. The lowest BCUT2D eigenvalue weighted by Crippen LogP contribution is -2.34. The van der Waals surface area contributed by atoms with Gasteiger partial charge in [0, 0.05) is 12.8 Å². The average Bonchev–Trinajstić information content (AvgIpc) is 2.38. The molecular formula is C14H19NO3. The van der Waals surface area contributed by atoms with E-state index in [4.69, 9.17) is 9.84 Å². The summed E-state index contributed by atoms with van der Waals surface area (Å²) in [5, 5.41) is 12.2. The van der Waals surface area contributed by atoms with Crippen LogP contribution in [0.5, 0.6) is 0 Å². The molecule has 4 nitrogen and oxygen atoms in total. The minimum atomic E-state index is -0.884. The molecule has 0 saturated heterocycles. The van der Waals surface area contributed by atoms with E-state index in [1.165, 1.54) is 31.1 Å². The maximum absolute atomic E-state index is 11.1. The third kappa shape index (κ3) is 2.82. The zero-order valence-corrected chi connectivity index (χ0v) is 10.6. The molecule has 18 heavy (non-hydrogen) atoms. The minimum absolute atomic E-state index is 0.166. The molecule has 0 aliphatic heterocycles. The Labute approximate surface area is 107 Å². The number of fused-ring (bicyclic) bond motifs is 1. The molecule has 0 spiro atoms. The second-order valence-electron chi connectivity index (χ2n) is 4.64. The van der Waals surface area contributed by atoms with Crippen molar-refractivity contribution in [1.82, 2.24) is 0 Å². The molecule has 0 aromatic heterocycles. The van der Waals surface area contributed by atoms with Gasteiger partial charge in [-0.15, -0.1) is 0 Å². The molecule has 1 aliphatic rings. The standard InChI is InChI=1S/C14H19NO3/c1-18-9-13(14(16)17)15-12-8-4-6-10-5-2-3-7-11(10)12/h4,6,8,13,15H,2-3,5,7,9H2,1H3,(H,16,17). The number of hydrogen-bond acceptors (Lipinski definition) is 3. The summed E-state index contributed by atoms with van der Waals surface area (Å²) < 4.78 is 4.94. The Bertz CT molecular complexity index is 431. The van der Waals surface area contributed by atoms with E-state index in [0.717, 1.165) is 18.5 Å². The topological polar surface area (TPSA) is 58.6 Å². The van der Waals surface area contributed by atoms with Crippen LogP contribution in [0.25, 0.3) is 0 Å². The van der Waals surface area contributed by atoms with Gasteiger partial charge in [0.1, 0.15) is 6.04 Å². The van der Waals surface area contributed by atoms with Crippen molar-refractivity contribution in [3.8, 4) is 0 Å². The van der Waals surface area contributed by atoms with E-state index >= 15 is 0 Å². The maximum Gasteiger partial charge on any atom is 0.328 e. The molecule has 0 saturated carbocycles. The van der Waals surface area contributed by atoms with E-state index in [9.17, 15) is 4.79 Å². The van der Waals surface area contributed by atoms with Gasteiger partial charge in [0.2, 0.25) is 0 Å². The second-order valence-corrected chi connectivity index (χ2v) is 4.64. The van der Waals surface area contributed by atoms with Gasteiger partial charge in [-0.05, 0) is 42.9 Å². The number of hydrogen-bond donors (Lipinski definition) is 2. The molecule has 1 atom stereocenters. The molecule has 1 aliphatic carbocycles. The first-order valence-electron chi connectivity index (χ1n) is 6.31. The number of carbonyl (C=O) groups is 1. The molecule has 0 bridgehead atoms. The highest BCUT2D eigenvalue weighted by molar-refractivity contribution is 5.78. The number of carboxylic acid groups (broad SMARTS) is 1. The highest BCUT2D eigenvalue weighted by Gasteiger charge is 2.20. The van der Waals surface area contributed by atoms with Crippen LogP contribution in [0.2, 0.25) is 0 Å². The monoisotopic (exact) mass is 249 g/mol. The fraction of sp³-hybridized carbons (Fsp3) is 0.500. The molecule has 1 aromatic rings. The molecular weight excluding hydrogens is 230 g/mol. The SMILES string of the molecule is COCC(Nc1cccc2c1CCCC2)C(=O)O. The van der Waals surface area contributed by atoms with Crippen LogP contribution in [0.1, 0.15) is 24.0 Å². The second kappa shape index (κ2) is 5.87. The van der Waals surface area contributed by atoms with Crippen molar-refractivity contribution in [1.29, 1.82) is 0 Å². The minimum Gasteiger partial charge on any atom is -0.480 e. The third-order valence-electron chi connectivity index (χ3n) is 3.36. The first-order chi connectivity index (χ1) is 8.72. The van der Waals surface area contributed by atoms with Crippen molar-refractivity contribution in [2.24, 2.45) is 0 Å². The van der Waals surface area contributed by atoms with Crippen LogP contribution in [0.4, 0.5) is 5.69 Å². The van der Waals surface area contributed by atoms with Crippen molar-refractivity contribution in [3.63, 3.8) is 0 Å². The van der Waals surface area contributed by atoms with Crippen molar-refractivity contribution in [2.75, 3.05) is 19.0 Å². The van der Waals surface area contributed by atoms with Gasteiger partial charge in [-0.25, -0.2) is 4.79 Å². The van der Waals surface area contributed by atoms with Crippen molar-refractivity contribution in [3.05, 3.63) is 29.3 Å². The number of anilines is 1. The Morgan fingerprint density at radius 3 is 2.94 bits per heavy atom. The van der Waals surface area contributed by atoms with E-state index in [1.807, 2.05) is 12.1 Å². The Hall–Kier alpha value is -1.55. The number of carboxylic acids is 1. The molecule has 1 aromatic carbocycles. The van der Waals surface area contributed by atoms with Crippen LogP contribution in [0.3, 0.4) is 0 Å². The van der Waals surface area contributed by atoms with Crippen LogP contribution in [0.15, 0.2) is 18.2 Å². The Morgan fingerprint density at radius 1 is 1.44 bits per heavy atom. The molecule has 2 N–H and O–H groups in total. The van der Waals surface area contributed by atoms with Gasteiger partial charge in [0.15, 0.2) is 0 Å². The molecule has 0 heterocycles. The van der Waals surface area contributed by atoms with E-state index in [2.05, 4.69) is 11.4 Å². The summed E-state index contributed by atoms with van der Waals surface area (Å²) >= 11 is 0. The Kier molecular flexibility index (Phi) is 4.20. The highest BCUT2D eigenvalue weighted by atomic mass is 16.5. The first kappa shape index (κ1) is 12.9.